The van der Waals surface area contributed by atoms with Crippen LogP contribution in [0, 0.1) is 13.8 Å². The van der Waals surface area contributed by atoms with Gasteiger partial charge in [-0.15, -0.1) is 0 Å². The minimum atomic E-state index is 0.222. The number of amides is 1. The molecule has 6 heteroatoms. The Morgan fingerprint density at radius 1 is 1.16 bits per heavy atom. The second-order valence-corrected chi connectivity index (χ2v) is 7.51. The highest BCUT2D eigenvalue weighted by molar-refractivity contribution is 9.10. The number of benzene rings is 1. The lowest BCUT2D eigenvalue weighted by Crippen LogP contribution is -2.48. The lowest BCUT2D eigenvalue weighted by Gasteiger charge is -2.35. The fourth-order valence-corrected chi connectivity index (χ4v) is 3.48. The maximum absolute atomic E-state index is 12.4. The van der Waals surface area contributed by atoms with Gasteiger partial charge in [-0.1, -0.05) is 24.3 Å². The van der Waals surface area contributed by atoms with Crippen molar-refractivity contribution in [1.29, 1.82) is 0 Å². The third-order valence-electron chi connectivity index (χ3n) is 4.82. The summed E-state index contributed by atoms with van der Waals surface area (Å²) in [5.41, 5.74) is 3.67. The first-order valence-corrected chi connectivity index (χ1v) is 9.56. The number of hydrogen-bond donors (Lipinski definition) is 0. The normalized spacial score (nSPS) is 15.6. The van der Waals surface area contributed by atoms with E-state index >= 15 is 0 Å². The van der Waals surface area contributed by atoms with Crippen molar-refractivity contribution in [3.05, 3.63) is 51.8 Å². The molecular formula is C19H25BrN4O. The van der Waals surface area contributed by atoms with E-state index < -0.39 is 0 Å². The summed E-state index contributed by atoms with van der Waals surface area (Å²) in [6.45, 7) is 9.21. The van der Waals surface area contributed by atoms with Crippen molar-refractivity contribution >= 4 is 21.8 Å². The number of hydrogen-bond acceptors (Lipinski definition) is 3. The molecule has 1 aliphatic heterocycles. The van der Waals surface area contributed by atoms with Gasteiger partial charge in [0, 0.05) is 51.9 Å². The maximum Gasteiger partial charge on any atom is 0.224 e. The van der Waals surface area contributed by atoms with E-state index in [0.717, 1.165) is 42.9 Å². The third-order valence-corrected chi connectivity index (χ3v) is 5.60. The van der Waals surface area contributed by atoms with E-state index in [1.807, 2.05) is 22.7 Å². The molecule has 2 heterocycles. The molecule has 134 valence electrons. The Morgan fingerprint density at radius 2 is 1.88 bits per heavy atom. The molecule has 0 saturated carbocycles. The van der Waals surface area contributed by atoms with Crippen molar-refractivity contribution in [2.75, 3.05) is 26.2 Å². The van der Waals surface area contributed by atoms with Crippen molar-refractivity contribution in [2.24, 2.45) is 0 Å². The highest BCUT2D eigenvalue weighted by Crippen LogP contribution is 2.15. The minimum Gasteiger partial charge on any atom is -0.340 e. The van der Waals surface area contributed by atoms with E-state index in [1.165, 1.54) is 11.1 Å². The van der Waals surface area contributed by atoms with Crippen molar-refractivity contribution in [3.63, 3.8) is 0 Å². The Balaban J connectivity index is 1.45. The van der Waals surface area contributed by atoms with E-state index in [-0.39, 0.29) is 5.91 Å². The predicted molar refractivity (Wildman–Crippen MR) is 102 cm³/mol. The quantitative estimate of drug-likeness (QED) is 0.768. The Kier molecular flexibility index (Phi) is 5.91. The Labute approximate surface area is 157 Å². The molecule has 1 saturated heterocycles. The molecule has 0 atom stereocenters. The standard InChI is InChI=1S/C19H25BrN4O/c1-15-5-3-4-6-17(15)13-22-9-11-23(12-10-22)19(25)7-8-24-14-18(20)16(2)21-24/h3-6,14H,7-13H2,1-2H3. The molecule has 3 rings (SSSR count). The number of carbonyl (C=O) groups excluding carboxylic acids is 1. The van der Waals surface area contributed by atoms with E-state index in [9.17, 15) is 4.79 Å². The summed E-state index contributed by atoms with van der Waals surface area (Å²) in [5, 5.41) is 4.39. The Morgan fingerprint density at radius 3 is 2.52 bits per heavy atom. The van der Waals surface area contributed by atoms with Gasteiger partial charge in [-0.05, 0) is 40.9 Å². The second kappa shape index (κ2) is 8.15. The van der Waals surface area contributed by atoms with Crippen LogP contribution < -0.4 is 0 Å². The molecular weight excluding hydrogens is 380 g/mol. The molecule has 0 bridgehead atoms. The van der Waals surface area contributed by atoms with Crippen LogP contribution in [0.4, 0.5) is 0 Å². The summed E-state index contributed by atoms with van der Waals surface area (Å²) >= 11 is 3.45. The SMILES string of the molecule is Cc1ccccc1CN1CCN(C(=O)CCn2cc(Br)c(C)n2)CC1. The Bertz CT molecular complexity index is 715. The van der Waals surface area contributed by atoms with Gasteiger partial charge in [0.05, 0.1) is 10.2 Å². The number of rotatable bonds is 5. The van der Waals surface area contributed by atoms with Gasteiger partial charge in [-0.25, -0.2) is 0 Å². The van der Waals surface area contributed by atoms with Gasteiger partial charge in [0.15, 0.2) is 0 Å². The van der Waals surface area contributed by atoms with E-state index in [0.29, 0.717) is 13.0 Å². The van der Waals surface area contributed by atoms with Crippen molar-refractivity contribution in [1.82, 2.24) is 19.6 Å². The van der Waals surface area contributed by atoms with Crippen molar-refractivity contribution in [3.8, 4) is 0 Å². The fraction of sp³-hybridized carbons (Fsp3) is 0.474. The van der Waals surface area contributed by atoms with Crippen LogP contribution in [0.5, 0.6) is 0 Å². The van der Waals surface area contributed by atoms with Crippen LogP contribution in [0.2, 0.25) is 0 Å². The molecule has 0 radical (unpaired) electrons. The maximum atomic E-state index is 12.4. The Hall–Kier alpha value is -1.66. The van der Waals surface area contributed by atoms with Crippen LogP contribution in [0.15, 0.2) is 34.9 Å². The molecule has 0 N–H and O–H groups in total. The zero-order chi connectivity index (χ0) is 17.8. The summed E-state index contributed by atoms with van der Waals surface area (Å²) in [7, 11) is 0. The van der Waals surface area contributed by atoms with Crippen LogP contribution in [-0.4, -0.2) is 51.7 Å². The molecule has 1 aromatic carbocycles. The first-order valence-electron chi connectivity index (χ1n) is 8.77. The van der Waals surface area contributed by atoms with Crippen LogP contribution >= 0.6 is 15.9 Å². The summed E-state index contributed by atoms with van der Waals surface area (Å²) in [6.07, 6.45) is 2.44. The fourth-order valence-electron chi connectivity index (χ4n) is 3.16. The molecule has 0 unspecified atom stereocenters. The van der Waals surface area contributed by atoms with Crippen LogP contribution in [0.3, 0.4) is 0 Å². The van der Waals surface area contributed by atoms with Gasteiger partial charge < -0.3 is 4.90 Å². The lowest BCUT2D eigenvalue weighted by molar-refractivity contribution is -0.133. The average molecular weight is 405 g/mol. The zero-order valence-electron chi connectivity index (χ0n) is 14.9. The molecule has 1 aromatic heterocycles. The third kappa shape index (κ3) is 4.70. The summed E-state index contributed by atoms with van der Waals surface area (Å²) in [5.74, 6) is 0.222. The molecule has 1 fully saturated rings. The highest BCUT2D eigenvalue weighted by atomic mass is 79.9. The van der Waals surface area contributed by atoms with E-state index in [4.69, 9.17) is 0 Å². The number of piperazine rings is 1. The zero-order valence-corrected chi connectivity index (χ0v) is 16.5. The second-order valence-electron chi connectivity index (χ2n) is 6.66. The summed E-state index contributed by atoms with van der Waals surface area (Å²) in [4.78, 5) is 16.9. The predicted octanol–water partition coefficient (Wildman–Crippen LogP) is 3.00. The van der Waals surface area contributed by atoms with Crippen LogP contribution in [0.25, 0.3) is 0 Å². The monoisotopic (exact) mass is 404 g/mol. The number of carbonyl (C=O) groups is 1. The first kappa shape index (κ1) is 18.1. The first-order chi connectivity index (χ1) is 12.0. The number of aromatic nitrogens is 2. The molecule has 1 amide bonds. The smallest absolute Gasteiger partial charge is 0.224 e. The molecule has 2 aromatic rings. The van der Waals surface area contributed by atoms with E-state index in [2.05, 4.69) is 57.1 Å². The average Bonchev–Trinajstić information content (AvgIpc) is 2.93. The largest absolute Gasteiger partial charge is 0.340 e. The summed E-state index contributed by atoms with van der Waals surface area (Å²) < 4.78 is 2.83. The highest BCUT2D eigenvalue weighted by Gasteiger charge is 2.21. The summed E-state index contributed by atoms with van der Waals surface area (Å²) in [6, 6.07) is 8.52. The topological polar surface area (TPSA) is 41.4 Å². The van der Waals surface area contributed by atoms with Crippen LogP contribution in [-0.2, 0) is 17.9 Å². The van der Waals surface area contributed by atoms with Crippen LogP contribution in [0.1, 0.15) is 23.2 Å². The number of nitrogens with zero attached hydrogens (tertiary/aromatic N) is 4. The van der Waals surface area contributed by atoms with Gasteiger partial charge in [0.25, 0.3) is 0 Å². The molecule has 0 spiro atoms. The lowest BCUT2D eigenvalue weighted by atomic mass is 10.1. The van der Waals surface area contributed by atoms with Gasteiger partial charge in [0.1, 0.15) is 0 Å². The van der Waals surface area contributed by atoms with Crippen molar-refractivity contribution < 1.29 is 4.79 Å². The van der Waals surface area contributed by atoms with Gasteiger partial charge in [-0.2, -0.15) is 5.10 Å². The molecule has 25 heavy (non-hydrogen) atoms. The van der Waals surface area contributed by atoms with E-state index in [1.54, 1.807) is 0 Å². The minimum absolute atomic E-state index is 0.222. The van der Waals surface area contributed by atoms with Crippen molar-refractivity contribution in [2.45, 2.75) is 33.4 Å². The van der Waals surface area contributed by atoms with Gasteiger partial charge in [-0.3, -0.25) is 14.4 Å². The number of aryl methyl sites for hydroxylation is 3. The van der Waals surface area contributed by atoms with Gasteiger partial charge in [0.2, 0.25) is 5.91 Å². The van der Waals surface area contributed by atoms with Gasteiger partial charge >= 0.3 is 0 Å². The molecule has 5 nitrogen and oxygen atoms in total. The molecule has 1 aliphatic rings. The molecule has 0 aliphatic carbocycles. The number of halogens is 1.